The van der Waals surface area contributed by atoms with Gasteiger partial charge in [-0.05, 0) is 12.1 Å². The van der Waals surface area contributed by atoms with Crippen molar-refractivity contribution in [3.05, 3.63) is 53.3 Å². The van der Waals surface area contributed by atoms with Gasteiger partial charge in [0.05, 0.1) is 0 Å². The highest BCUT2D eigenvalue weighted by Crippen LogP contribution is 2.32. The second-order valence-corrected chi connectivity index (χ2v) is 5.67. The van der Waals surface area contributed by atoms with E-state index in [0.717, 1.165) is 11.4 Å². The molecule has 0 amide bonds. The van der Waals surface area contributed by atoms with E-state index in [0.29, 0.717) is 18.2 Å². The van der Waals surface area contributed by atoms with Crippen molar-refractivity contribution in [2.24, 2.45) is 0 Å². The van der Waals surface area contributed by atoms with Gasteiger partial charge in [0.1, 0.15) is 0 Å². The number of aromatic nitrogens is 2. The normalized spacial score (nSPS) is 13.0. The topological polar surface area (TPSA) is 58.4 Å². The fourth-order valence-corrected chi connectivity index (χ4v) is 3.29. The third-order valence-corrected chi connectivity index (χ3v) is 4.24. The molecule has 108 valence electrons. The zero-order valence-corrected chi connectivity index (χ0v) is 12.2. The highest BCUT2D eigenvalue weighted by atomic mass is 32.2. The minimum Gasteiger partial charge on any atom is -0.492 e. The molecule has 1 aliphatic rings. The first-order valence-electron chi connectivity index (χ1n) is 6.62. The number of thioether (sulfide) groups is 1. The number of hydrogen-bond acceptors (Lipinski definition) is 5. The quantitative estimate of drug-likeness (QED) is 0.694. The van der Waals surface area contributed by atoms with Crippen LogP contribution in [0.1, 0.15) is 0 Å². The van der Waals surface area contributed by atoms with E-state index in [1.807, 2.05) is 30.3 Å². The molecular formula is C15H15N3O2S. The van der Waals surface area contributed by atoms with Crippen molar-refractivity contribution in [1.82, 2.24) is 9.55 Å². The molecule has 3 rings (SSSR count). The van der Waals surface area contributed by atoms with E-state index in [9.17, 15) is 9.90 Å². The molecule has 1 aliphatic heterocycles. The molecule has 0 atom stereocenters. The summed E-state index contributed by atoms with van der Waals surface area (Å²) in [4.78, 5) is 18.5. The van der Waals surface area contributed by atoms with Gasteiger partial charge < -0.3 is 10.0 Å². The number of rotatable bonds is 4. The Hall–Kier alpha value is -2.21. The molecule has 0 bridgehead atoms. The Labute approximate surface area is 126 Å². The summed E-state index contributed by atoms with van der Waals surface area (Å²) in [5, 5.41) is 10.8. The summed E-state index contributed by atoms with van der Waals surface area (Å²) in [5.74, 6) is 0.573. The van der Waals surface area contributed by atoms with E-state index >= 15 is 0 Å². The van der Waals surface area contributed by atoms with Gasteiger partial charge in [0.25, 0.3) is 5.56 Å². The number of aromatic hydroxyl groups is 1. The number of anilines is 2. The summed E-state index contributed by atoms with van der Waals surface area (Å²) < 4.78 is 1.61. The van der Waals surface area contributed by atoms with Gasteiger partial charge in [0.2, 0.25) is 5.88 Å². The zero-order valence-electron chi connectivity index (χ0n) is 11.4. The molecule has 2 aromatic rings. The lowest BCUT2D eigenvalue weighted by atomic mass is 10.2. The number of nitrogens with zero attached hydrogens (tertiary/aromatic N) is 3. The average Bonchev–Trinajstić information content (AvgIpc) is 2.95. The molecule has 21 heavy (non-hydrogen) atoms. The summed E-state index contributed by atoms with van der Waals surface area (Å²) in [5.41, 5.74) is 0.804. The molecule has 0 saturated carbocycles. The minimum atomic E-state index is -0.230. The van der Waals surface area contributed by atoms with E-state index in [1.165, 1.54) is 11.8 Å². The molecule has 1 N–H and O–H groups in total. The van der Waals surface area contributed by atoms with Crippen LogP contribution in [0.2, 0.25) is 0 Å². The van der Waals surface area contributed by atoms with Gasteiger partial charge in [0, 0.05) is 24.5 Å². The van der Waals surface area contributed by atoms with Crippen molar-refractivity contribution in [2.75, 3.05) is 17.2 Å². The predicted octanol–water partition coefficient (Wildman–Crippen LogP) is 2.38. The lowest BCUT2D eigenvalue weighted by molar-refractivity contribution is 0.437. The Morgan fingerprint density at radius 2 is 2.19 bits per heavy atom. The number of para-hydroxylation sites is 1. The molecule has 6 heteroatoms. The molecule has 0 spiro atoms. The first-order chi connectivity index (χ1) is 10.2. The number of hydrogen-bond donors (Lipinski definition) is 1. The minimum absolute atomic E-state index is 0.201. The van der Waals surface area contributed by atoms with E-state index < -0.39 is 0 Å². The summed E-state index contributed by atoms with van der Waals surface area (Å²) >= 11 is 1.48. The van der Waals surface area contributed by atoms with Crippen LogP contribution in [0.4, 0.5) is 11.4 Å². The molecule has 2 heterocycles. The molecule has 0 aliphatic carbocycles. The molecule has 1 aromatic carbocycles. The van der Waals surface area contributed by atoms with Crippen molar-refractivity contribution in [3.8, 4) is 5.88 Å². The molecule has 0 saturated heterocycles. The second-order valence-electron chi connectivity index (χ2n) is 4.61. The molecule has 5 nitrogen and oxygen atoms in total. The monoisotopic (exact) mass is 301 g/mol. The molecular weight excluding hydrogens is 286 g/mol. The van der Waals surface area contributed by atoms with E-state index in [4.69, 9.17) is 0 Å². The number of benzene rings is 1. The zero-order chi connectivity index (χ0) is 14.8. The first kappa shape index (κ1) is 13.8. The Morgan fingerprint density at radius 1 is 1.43 bits per heavy atom. The van der Waals surface area contributed by atoms with Gasteiger partial charge in [-0.1, -0.05) is 36.0 Å². The van der Waals surface area contributed by atoms with E-state index in [2.05, 4.69) is 11.6 Å². The lowest BCUT2D eigenvalue weighted by Crippen LogP contribution is -2.30. The Bertz CT molecular complexity index is 728. The predicted molar refractivity (Wildman–Crippen MR) is 84.5 cm³/mol. The third kappa shape index (κ3) is 2.42. The average molecular weight is 301 g/mol. The van der Waals surface area contributed by atoms with Gasteiger partial charge in [0.15, 0.2) is 10.8 Å². The summed E-state index contributed by atoms with van der Waals surface area (Å²) in [6, 6.07) is 9.44. The van der Waals surface area contributed by atoms with Gasteiger partial charge in [-0.25, -0.2) is 0 Å². The Morgan fingerprint density at radius 3 is 2.90 bits per heavy atom. The number of fused-ring (bicyclic) bond motifs is 1. The van der Waals surface area contributed by atoms with Crippen molar-refractivity contribution in [3.63, 3.8) is 0 Å². The van der Waals surface area contributed by atoms with Crippen molar-refractivity contribution < 1.29 is 5.11 Å². The van der Waals surface area contributed by atoms with Crippen molar-refractivity contribution in [1.29, 1.82) is 0 Å². The van der Waals surface area contributed by atoms with E-state index in [-0.39, 0.29) is 17.1 Å². The highest BCUT2D eigenvalue weighted by Gasteiger charge is 2.24. The Balaban J connectivity index is 2.17. The molecule has 1 aromatic heterocycles. The van der Waals surface area contributed by atoms with Crippen LogP contribution in [0.15, 0.2) is 52.9 Å². The van der Waals surface area contributed by atoms with Crippen LogP contribution in [0.3, 0.4) is 0 Å². The van der Waals surface area contributed by atoms with Crippen molar-refractivity contribution >= 4 is 23.1 Å². The van der Waals surface area contributed by atoms with Gasteiger partial charge in [-0.2, -0.15) is 4.98 Å². The maximum atomic E-state index is 12.6. The van der Waals surface area contributed by atoms with Gasteiger partial charge >= 0.3 is 0 Å². The van der Waals surface area contributed by atoms with Crippen LogP contribution in [0.5, 0.6) is 5.88 Å². The summed E-state index contributed by atoms with van der Waals surface area (Å²) in [6.07, 6.45) is 1.69. The van der Waals surface area contributed by atoms with Crippen LogP contribution >= 0.6 is 11.8 Å². The maximum Gasteiger partial charge on any atom is 0.282 e. The van der Waals surface area contributed by atoms with Crippen LogP contribution in [0.25, 0.3) is 0 Å². The van der Waals surface area contributed by atoms with E-state index in [1.54, 1.807) is 15.5 Å². The smallest absolute Gasteiger partial charge is 0.282 e. The van der Waals surface area contributed by atoms with Crippen LogP contribution in [0, 0.1) is 0 Å². The highest BCUT2D eigenvalue weighted by molar-refractivity contribution is 7.99. The maximum absolute atomic E-state index is 12.6. The standard InChI is InChI=1S/C15H15N3O2S/c1-2-8-17(11-6-4-3-5-7-11)12-13(19)16-15-18(14(12)20)9-10-21-15/h2-7,19H,1,8-10H2. The first-order valence-corrected chi connectivity index (χ1v) is 7.61. The van der Waals surface area contributed by atoms with Crippen LogP contribution in [-0.4, -0.2) is 27.0 Å². The van der Waals surface area contributed by atoms with Crippen LogP contribution in [-0.2, 0) is 6.54 Å². The van der Waals surface area contributed by atoms with Crippen LogP contribution < -0.4 is 10.5 Å². The summed E-state index contributed by atoms with van der Waals surface area (Å²) in [7, 11) is 0. The Kier molecular flexibility index (Phi) is 3.70. The third-order valence-electron chi connectivity index (χ3n) is 3.29. The fraction of sp³-hybridized carbons (Fsp3) is 0.200. The summed E-state index contributed by atoms with van der Waals surface area (Å²) in [6.45, 7) is 4.77. The molecule has 0 radical (unpaired) electrons. The largest absolute Gasteiger partial charge is 0.492 e. The fourth-order valence-electron chi connectivity index (χ4n) is 2.35. The second kappa shape index (κ2) is 5.65. The van der Waals surface area contributed by atoms with Gasteiger partial charge in [-0.15, -0.1) is 6.58 Å². The lowest BCUT2D eigenvalue weighted by Gasteiger charge is -2.23. The molecule has 0 fully saturated rings. The SMILES string of the molecule is C=CCN(c1ccccc1)c1c(O)nc2n(c1=O)CCS2. The van der Waals surface area contributed by atoms with Gasteiger partial charge in [-0.3, -0.25) is 9.36 Å². The molecule has 0 unspecified atom stereocenters. The van der Waals surface area contributed by atoms with Crippen molar-refractivity contribution in [2.45, 2.75) is 11.7 Å².